The highest BCUT2D eigenvalue weighted by atomic mass is 16.6. The van der Waals surface area contributed by atoms with Crippen LogP contribution in [0.2, 0.25) is 0 Å². The highest BCUT2D eigenvalue weighted by molar-refractivity contribution is 5.91. The van der Waals surface area contributed by atoms with Crippen LogP contribution < -0.4 is 0 Å². The molecule has 3 fully saturated rings. The highest BCUT2D eigenvalue weighted by Gasteiger charge is 2.75. The van der Waals surface area contributed by atoms with E-state index in [1.165, 1.54) is 6.92 Å². The molecular formula is C22H34O6. The molecule has 0 aromatic carbocycles. The summed E-state index contributed by atoms with van der Waals surface area (Å²) in [6.45, 7) is 12.6. The second-order valence-corrected chi connectivity index (χ2v) is 10.4. The van der Waals surface area contributed by atoms with Crippen LogP contribution in [-0.4, -0.2) is 51.0 Å². The smallest absolute Gasteiger partial charge is 0.303 e. The second-order valence-electron chi connectivity index (χ2n) is 10.4. The van der Waals surface area contributed by atoms with Gasteiger partial charge in [0.1, 0.15) is 11.7 Å². The SMILES string of the molecule is C=C[C@@]1(C)CC(=O)[C@@]2(O)[C@@H](C1)[C@@H](OC(C)=O)[C@@H](O)[C@H]1C(C)(C)CC[C@H](O)[C@@]12C. The van der Waals surface area contributed by atoms with Crippen LogP contribution in [0.25, 0.3) is 0 Å². The second kappa shape index (κ2) is 6.38. The summed E-state index contributed by atoms with van der Waals surface area (Å²) in [6, 6.07) is 0. The number of carbonyl (C=O) groups is 2. The van der Waals surface area contributed by atoms with Crippen LogP contribution in [-0.2, 0) is 14.3 Å². The number of hydrogen-bond donors (Lipinski definition) is 3. The van der Waals surface area contributed by atoms with Gasteiger partial charge in [-0.1, -0.05) is 33.8 Å². The van der Waals surface area contributed by atoms with Gasteiger partial charge in [0.05, 0.1) is 12.2 Å². The lowest BCUT2D eigenvalue weighted by molar-refractivity contribution is -0.304. The first-order chi connectivity index (χ1) is 12.7. The van der Waals surface area contributed by atoms with E-state index in [2.05, 4.69) is 6.58 Å². The number of ketones is 1. The van der Waals surface area contributed by atoms with Crippen LogP contribution in [0.3, 0.4) is 0 Å². The molecule has 3 saturated carbocycles. The first-order valence-corrected chi connectivity index (χ1v) is 10.2. The molecule has 6 nitrogen and oxygen atoms in total. The van der Waals surface area contributed by atoms with Gasteiger partial charge in [0.15, 0.2) is 5.78 Å². The average molecular weight is 395 g/mol. The molecule has 0 unspecified atom stereocenters. The first-order valence-electron chi connectivity index (χ1n) is 10.2. The summed E-state index contributed by atoms with van der Waals surface area (Å²) < 4.78 is 5.53. The molecule has 0 aromatic heterocycles. The van der Waals surface area contributed by atoms with E-state index in [1.807, 2.05) is 20.8 Å². The molecule has 0 aliphatic heterocycles. The molecule has 0 amide bonds. The van der Waals surface area contributed by atoms with Gasteiger partial charge in [0.2, 0.25) is 0 Å². The van der Waals surface area contributed by atoms with E-state index in [9.17, 15) is 24.9 Å². The Hall–Kier alpha value is -1.24. The van der Waals surface area contributed by atoms with Crippen LogP contribution in [0.1, 0.15) is 60.3 Å². The van der Waals surface area contributed by atoms with Crippen molar-refractivity contribution in [2.45, 2.75) is 84.2 Å². The minimum Gasteiger partial charge on any atom is -0.459 e. The zero-order valence-corrected chi connectivity index (χ0v) is 17.6. The normalized spacial score (nSPS) is 50.3. The monoisotopic (exact) mass is 394 g/mol. The predicted octanol–water partition coefficient (Wildman–Crippen LogP) is 2.00. The number of carbonyl (C=O) groups excluding carboxylic acids is 2. The predicted molar refractivity (Wildman–Crippen MR) is 103 cm³/mol. The molecule has 0 heterocycles. The zero-order valence-electron chi connectivity index (χ0n) is 17.6. The Balaban J connectivity index is 2.24. The lowest BCUT2D eigenvalue weighted by atomic mass is 9.39. The molecule has 28 heavy (non-hydrogen) atoms. The van der Waals surface area contributed by atoms with E-state index >= 15 is 0 Å². The lowest BCUT2D eigenvalue weighted by Gasteiger charge is -2.68. The minimum atomic E-state index is -1.89. The molecule has 0 spiro atoms. The summed E-state index contributed by atoms with van der Waals surface area (Å²) in [5.41, 5.74) is -4.16. The van der Waals surface area contributed by atoms with Crippen LogP contribution >= 0.6 is 0 Å². The Labute approximate surface area is 167 Å². The summed E-state index contributed by atoms with van der Waals surface area (Å²) in [4.78, 5) is 25.3. The average Bonchev–Trinajstić information content (AvgIpc) is 2.58. The fourth-order valence-electron chi connectivity index (χ4n) is 6.70. The van der Waals surface area contributed by atoms with Crippen molar-refractivity contribution >= 4 is 11.8 Å². The number of aliphatic hydroxyl groups is 3. The minimum absolute atomic E-state index is 0.0991. The van der Waals surface area contributed by atoms with Crippen molar-refractivity contribution in [3.8, 4) is 0 Å². The van der Waals surface area contributed by atoms with Crippen molar-refractivity contribution in [3.63, 3.8) is 0 Å². The van der Waals surface area contributed by atoms with Gasteiger partial charge in [0, 0.05) is 30.6 Å². The summed E-state index contributed by atoms with van der Waals surface area (Å²) in [6.07, 6.45) is 0.146. The molecule has 0 saturated heterocycles. The Bertz CT molecular complexity index is 701. The van der Waals surface area contributed by atoms with Gasteiger partial charge in [-0.25, -0.2) is 0 Å². The fourth-order valence-corrected chi connectivity index (χ4v) is 6.70. The number of ether oxygens (including phenoxy) is 1. The van der Waals surface area contributed by atoms with Gasteiger partial charge in [0.25, 0.3) is 0 Å². The van der Waals surface area contributed by atoms with Crippen molar-refractivity contribution in [2.75, 3.05) is 0 Å². The van der Waals surface area contributed by atoms with Gasteiger partial charge in [-0.2, -0.15) is 0 Å². The maximum absolute atomic E-state index is 13.4. The Morgan fingerprint density at radius 3 is 2.39 bits per heavy atom. The molecule has 3 aliphatic rings. The summed E-state index contributed by atoms with van der Waals surface area (Å²) in [5.74, 6) is -2.37. The van der Waals surface area contributed by atoms with E-state index in [0.717, 1.165) is 0 Å². The fraction of sp³-hybridized carbons (Fsp3) is 0.818. The quantitative estimate of drug-likeness (QED) is 0.489. The van der Waals surface area contributed by atoms with E-state index in [0.29, 0.717) is 19.3 Å². The third-order valence-corrected chi connectivity index (χ3v) is 8.15. The number of fused-ring (bicyclic) bond motifs is 3. The van der Waals surface area contributed by atoms with E-state index < -0.39 is 58.0 Å². The van der Waals surface area contributed by atoms with E-state index in [-0.39, 0.29) is 12.2 Å². The Morgan fingerprint density at radius 2 is 1.86 bits per heavy atom. The Morgan fingerprint density at radius 1 is 1.25 bits per heavy atom. The molecular weight excluding hydrogens is 360 g/mol. The van der Waals surface area contributed by atoms with Crippen molar-refractivity contribution in [1.82, 2.24) is 0 Å². The number of esters is 1. The van der Waals surface area contributed by atoms with Gasteiger partial charge in [-0.15, -0.1) is 6.58 Å². The molecule has 3 aliphatic carbocycles. The number of allylic oxidation sites excluding steroid dienone is 1. The molecule has 0 radical (unpaired) electrons. The summed E-state index contributed by atoms with van der Waals surface area (Å²) in [5, 5.41) is 34.4. The van der Waals surface area contributed by atoms with E-state index in [1.54, 1.807) is 13.0 Å². The van der Waals surface area contributed by atoms with Gasteiger partial charge in [-0.3, -0.25) is 9.59 Å². The molecule has 3 N–H and O–H groups in total. The molecule has 8 atom stereocenters. The summed E-state index contributed by atoms with van der Waals surface area (Å²) in [7, 11) is 0. The lowest BCUT2D eigenvalue weighted by Crippen LogP contribution is -2.79. The third kappa shape index (κ3) is 2.64. The zero-order chi connectivity index (χ0) is 21.3. The third-order valence-electron chi connectivity index (χ3n) is 8.15. The molecule has 0 aromatic rings. The van der Waals surface area contributed by atoms with Crippen molar-refractivity contribution in [3.05, 3.63) is 12.7 Å². The van der Waals surface area contributed by atoms with Gasteiger partial charge < -0.3 is 20.1 Å². The van der Waals surface area contributed by atoms with Crippen LogP contribution in [0, 0.1) is 28.1 Å². The van der Waals surface area contributed by atoms with Gasteiger partial charge in [-0.05, 0) is 30.1 Å². The number of aliphatic hydroxyl groups excluding tert-OH is 2. The Kier molecular flexibility index (Phi) is 4.89. The first kappa shape index (κ1) is 21.5. The van der Waals surface area contributed by atoms with Crippen LogP contribution in [0.5, 0.6) is 0 Å². The van der Waals surface area contributed by atoms with E-state index in [4.69, 9.17) is 4.74 Å². The van der Waals surface area contributed by atoms with Gasteiger partial charge >= 0.3 is 5.97 Å². The van der Waals surface area contributed by atoms with Crippen LogP contribution in [0.4, 0.5) is 0 Å². The van der Waals surface area contributed by atoms with Crippen LogP contribution in [0.15, 0.2) is 12.7 Å². The highest BCUT2D eigenvalue weighted by Crippen LogP contribution is 2.66. The number of hydrogen-bond acceptors (Lipinski definition) is 6. The molecule has 3 rings (SSSR count). The number of rotatable bonds is 2. The topological polar surface area (TPSA) is 104 Å². The summed E-state index contributed by atoms with van der Waals surface area (Å²) >= 11 is 0. The molecule has 158 valence electrons. The molecule has 0 bridgehead atoms. The maximum atomic E-state index is 13.4. The largest absolute Gasteiger partial charge is 0.459 e. The maximum Gasteiger partial charge on any atom is 0.303 e. The van der Waals surface area contributed by atoms with Crippen molar-refractivity contribution in [1.29, 1.82) is 0 Å². The molecule has 6 heteroatoms. The van der Waals surface area contributed by atoms with Crippen molar-refractivity contribution < 1.29 is 29.6 Å². The van der Waals surface area contributed by atoms with Crippen molar-refractivity contribution in [2.24, 2.45) is 28.1 Å². The standard InChI is InChI=1S/C22H34O6/c1-7-20(5)10-13-17(28-12(2)23)16(26)18-19(3,4)9-8-14(24)21(18,6)22(13,27)15(25)11-20/h7,13-14,16-18,24,26-27H,1,8-11H2,2-6H3/t13-,14-,16+,17+,18-,20+,21-,22-/m0/s1. The number of Topliss-reactive ketones (excluding diaryl/α,β-unsaturated/α-hetero) is 1.